The predicted octanol–water partition coefficient (Wildman–Crippen LogP) is 2.53. The van der Waals surface area contributed by atoms with Gasteiger partial charge in [0.2, 0.25) is 0 Å². The summed E-state index contributed by atoms with van der Waals surface area (Å²) >= 11 is 0. The smallest absolute Gasteiger partial charge is 0.191 e. The summed E-state index contributed by atoms with van der Waals surface area (Å²) in [4.78, 5) is 4.68. The Balaban J connectivity index is 2.58. The molecule has 0 aliphatic rings. The highest BCUT2D eigenvalue weighted by Crippen LogP contribution is 2.12. The molecule has 1 heterocycles. The Hall–Kier alpha value is -1.52. The summed E-state index contributed by atoms with van der Waals surface area (Å²) in [6.07, 6.45) is 2.42. The summed E-state index contributed by atoms with van der Waals surface area (Å²) in [6.45, 7) is 13.3. The van der Waals surface area contributed by atoms with E-state index in [9.17, 15) is 0 Å². The van der Waals surface area contributed by atoms with Gasteiger partial charge in [0.25, 0.3) is 0 Å². The zero-order valence-corrected chi connectivity index (χ0v) is 14.5. The van der Waals surface area contributed by atoms with Crippen molar-refractivity contribution in [2.75, 3.05) is 13.1 Å². The Morgan fingerprint density at radius 1 is 1.29 bits per heavy atom. The Morgan fingerprint density at radius 3 is 2.52 bits per heavy atom. The molecule has 5 heteroatoms. The minimum Gasteiger partial charge on any atom is -0.357 e. The van der Waals surface area contributed by atoms with Gasteiger partial charge in [-0.1, -0.05) is 13.8 Å². The van der Waals surface area contributed by atoms with Crippen LogP contribution in [-0.2, 0) is 13.6 Å². The lowest BCUT2D eigenvalue weighted by Crippen LogP contribution is -2.37. The number of nitrogens with one attached hydrogen (secondary N) is 2. The zero-order chi connectivity index (χ0) is 15.8. The van der Waals surface area contributed by atoms with Gasteiger partial charge in [-0.2, -0.15) is 5.10 Å². The third-order valence-electron chi connectivity index (χ3n) is 3.65. The van der Waals surface area contributed by atoms with E-state index in [0.29, 0.717) is 6.54 Å². The van der Waals surface area contributed by atoms with E-state index in [-0.39, 0.29) is 0 Å². The van der Waals surface area contributed by atoms with Crippen LogP contribution in [0.4, 0.5) is 0 Å². The number of rotatable bonds is 7. The SMILES string of the molecule is CCNC(=NCc1c(C)nn(C)c1C)NCCCC(C)C. The van der Waals surface area contributed by atoms with Gasteiger partial charge in [0.1, 0.15) is 0 Å². The Morgan fingerprint density at radius 2 is 2.00 bits per heavy atom. The number of guanidine groups is 1. The molecule has 0 saturated heterocycles. The van der Waals surface area contributed by atoms with Crippen molar-refractivity contribution in [3.05, 3.63) is 17.0 Å². The van der Waals surface area contributed by atoms with E-state index in [1.807, 2.05) is 18.7 Å². The Bertz CT molecular complexity index is 459. The summed E-state index contributed by atoms with van der Waals surface area (Å²) in [7, 11) is 1.98. The number of hydrogen-bond donors (Lipinski definition) is 2. The molecule has 1 aromatic rings. The summed E-state index contributed by atoms with van der Waals surface area (Å²) in [5.41, 5.74) is 3.47. The molecule has 0 bridgehead atoms. The molecule has 5 nitrogen and oxygen atoms in total. The maximum atomic E-state index is 4.68. The Labute approximate surface area is 129 Å². The third kappa shape index (κ3) is 5.78. The predicted molar refractivity (Wildman–Crippen MR) is 89.6 cm³/mol. The van der Waals surface area contributed by atoms with Crippen LogP contribution in [-0.4, -0.2) is 28.8 Å². The number of aromatic nitrogens is 2. The van der Waals surface area contributed by atoms with Crippen molar-refractivity contribution in [1.82, 2.24) is 20.4 Å². The van der Waals surface area contributed by atoms with Crippen molar-refractivity contribution in [3.63, 3.8) is 0 Å². The molecule has 0 amide bonds. The van der Waals surface area contributed by atoms with Gasteiger partial charge in [-0.05, 0) is 39.5 Å². The van der Waals surface area contributed by atoms with Crippen molar-refractivity contribution in [2.45, 2.75) is 54.0 Å². The normalized spacial score (nSPS) is 12.0. The maximum Gasteiger partial charge on any atom is 0.191 e. The van der Waals surface area contributed by atoms with E-state index >= 15 is 0 Å². The first kappa shape index (κ1) is 17.5. The van der Waals surface area contributed by atoms with Crippen LogP contribution in [0.2, 0.25) is 0 Å². The largest absolute Gasteiger partial charge is 0.357 e. The van der Waals surface area contributed by atoms with Crippen LogP contribution in [0, 0.1) is 19.8 Å². The highest BCUT2D eigenvalue weighted by Gasteiger charge is 2.08. The molecule has 2 N–H and O–H groups in total. The van der Waals surface area contributed by atoms with E-state index in [0.717, 1.165) is 30.7 Å². The molecule has 1 rings (SSSR count). The lowest BCUT2D eigenvalue weighted by Gasteiger charge is -2.12. The van der Waals surface area contributed by atoms with Crippen molar-refractivity contribution < 1.29 is 0 Å². The van der Waals surface area contributed by atoms with Gasteiger partial charge in [-0.3, -0.25) is 4.68 Å². The molecule has 1 aromatic heterocycles. The number of nitrogens with zero attached hydrogens (tertiary/aromatic N) is 3. The first-order valence-electron chi connectivity index (χ1n) is 7.96. The highest BCUT2D eigenvalue weighted by molar-refractivity contribution is 5.79. The van der Waals surface area contributed by atoms with Gasteiger partial charge in [0, 0.05) is 31.4 Å². The van der Waals surface area contributed by atoms with Crippen LogP contribution in [0.3, 0.4) is 0 Å². The van der Waals surface area contributed by atoms with E-state index in [2.05, 4.69) is 48.4 Å². The molecular formula is C16H31N5. The van der Waals surface area contributed by atoms with Crippen molar-refractivity contribution in [1.29, 1.82) is 0 Å². The van der Waals surface area contributed by atoms with Crippen molar-refractivity contribution >= 4 is 5.96 Å². The van der Waals surface area contributed by atoms with Gasteiger partial charge >= 0.3 is 0 Å². The molecule has 0 atom stereocenters. The average molecular weight is 293 g/mol. The quantitative estimate of drug-likeness (QED) is 0.461. The highest BCUT2D eigenvalue weighted by atomic mass is 15.3. The maximum absolute atomic E-state index is 4.68. The van der Waals surface area contributed by atoms with Gasteiger partial charge in [0.15, 0.2) is 5.96 Å². The molecular weight excluding hydrogens is 262 g/mol. The molecule has 120 valence electrons. The van der Waals surface area contributed by atoms with E-state index in [4.69, 9.17) is 0 Å². The fourth-order valence-corrected chi connectivity index (χ4v) is 2.26. The molecule has 0 fully saturated rings. The fourth-order valence-electron chi connectivity index (χ4n) is 2.26. The van der Waals surface area contributed by atoms with Gasteiger partial charge < -0.3 is 10.6 Å². The number of aryl methyl sites for hydroxylation is 2. The molecule has 0 aliphatic heterocycles. The second-order valence-electron chi connectivity index (χ2n) is 5.93. The molecule has 0 saturated carbocycles. The summed E-state index contributed by atoms with van der Waals surface area (Å²) < 4.78 is 1.92. The topological polar surface area (TPSA) is 54.2 Å². The number of aliphatic imine (C=N–C) groups is 1. The first-order chi connectivity index (χ1) is 9.95. The molecule has 0 spiro atoms. The zero-order valence-electron chi connectivity index (χ0n) is 14.5. The molecule has 0 unspecified atom stereocenters. The van der Waals surface area contributed by atoms with E-state index in [1.54, 1.807) is 0 Å². The van der Waals surface area contributed by atoms with Crippen LogP contribution in [0.25, 0.3) is 0 Å². The fraction of sp³-hybridized carbons (Fsp3) is 0.750. The Kier molecular flexibility index (Phi) is 7.26. The second kappa shape index (κ2) is 8.70. The van der Waals surface area contributed by atoms with Gasteiger partial charge in [-0.15, -0.1) is 0 Å². The van der Waals surface area contributed by atoms with E-state index < -0.39 is 0 Å². The average Bonchev–Trinajstić information content (AvgIpc) is 2.65. The number of hydrogen-bond acceptors (Lipinski definition) is 2. The van der Waals surface area contributed by atoms with Crippen LogP contribution >= 0.6 is 0 Å². The van der Waals surface area contributed by atoms with Crippen molar-refractivity contribution in [3.8, 4) is 0 Å². The first-order valence-corrected chi connectivity index (χ1v) is 7.96. The summed E-state index contributed by atoms with van der Waals surface area (Å²) in [6, 6.07) is 0. The summed E-state index contributed by atoms with van der Waals surface area (Å²) in [5.74, 6) is 1.65. The minimum atomic E-state index is 0.672. The lowest BCUT2D eigenvalue weighted by atomic mass is 10.1. The molecule has 0 radical (unpaired) electrons. The monoisotopic (exact) mass is 293 g/mol. The van der Waals surface area contributed by atoms with Gasteiger partial charge in [-0.25, -0.2) is 4.99 Å². The lowest BCUT2D eigenvalue weighted by molar-refractivity contribution is 0.549. The summed E-state index contributed by atoms with van der Waals surface area (Å²) in [5, 5.41) is 11.1. The third-order valence-corrected chi connectivity index (χ3v) is 3.65. The van der Waals surface area contributed by atoms with Gasteiger partial charge in [0.05, 0.1) is 12.2 Å². The van der Waals surface area contributed by atoms with Crippen molar-refractivity contribution in [2.24, 2.45) is 18.0 Å². The molecule has 0 aliphatic carbocycles. The van der Waals surface area contributed by atoms with Crippen LogP contribution in [0.5, 0.6) is 0 Å². The molecule has 21 heavy (non-hydrogen) atoms. The van der Waals surface area contributed by atoms with Crippen LogP contribution in [0.1, 0.15) is 50.6 Å². The van der Waals surface area contributed by atoms with E-state index in [1.165, 1.54) is 24.1 Å². The molecule has 0 aromatic carbocycles. The minimum absolute atomic E-state index is 0.672. The van der Waals surface area contributed by atoms with Crippen LogP contribution < -0.4 is 10.6 Å². The van der Waals surface area contributed by atoms with Crippen LogP contribution in [0.15, 0.2) is 4.99 Å². The standard InChI is InChI=1S/C16H31N5/c1-7-17-16(18-10-8-9-12(2)3)19-11-15-13(4)20-21(6)14(15)5/h12H,7-11H2,1-6H3,(H2,17,18,19). The second-order valence-corrected chi connectivity index (χ2v) is 5.93.